The molecule has 1 unspecified atom stereocenters. The first-order valence-electron chi connectivity index (χ1n) is 5.33. The molecule has 16 heavy (non-hydrogen) atoms. The van der Waals surface area contributed by atoms with Gasteiger partial charge >= 0.3 is 5.97 Å². The summed E-state index contributed by atoms with van der Waals surface area (Å²) < 4.78 is 10.6. The van der Waals surface area contributed by atoms with E-state index in [1.807, 2.05) is 0 Å². The number of rotatable bonds is 6. The predicted octanol–water partition coefficient (Wildman–Crippen LogP) is 1.94. The first-order valence-corrected chi connectivity index (χ1v) is 5.33. The average molecular weight is 222 g/mol. The van der Waals surface area contributed by atoms with Gasteiger partial charge in [-0.2, -0.15) is 0 Å². The summed E-state index contributed by atoms with van der Waals surface area (Å²) in [6.07, 6.45) is 2.44. The van der Waals surface area contributed by atoms with E-state index >= 15 is 0 Å². The largest absolute Gasteiger partial charge is 0.494 e. The number of carboxylic acids is 1. The molecule has 1 heterocycles. The zero-order valence-corrected chi connectivity index (χ0v) is 8.89. The van der Waals surface area contributed by atoms with E-state index in [2.05, 4.69) is 0 Å². The standard InChI is InChI=1S/C12H14O4/c13-12(14)9-3-5-10(6-4-9)15-7-1-2-11-8-16-11/h3-6,11H,1-2,7-8H2,(H,13,14). The van der Waals surface area contributed by atoms with E-state index in [-0.39, 0.29) is 5.56 Å². The van der Waals surface area contributed by atoms with Gasteiger partial charge in [0.2, 0.25) is 0 Å². The first kappa shape index (κ1) is 11.0. The second-order valence-electron chi connectivity index (χ2n) is 3.78. The van der Waals surface area contributed by atoms with E-state index in [9.17, 15) is 4.79 Å². The Morgan fingerprint density at radius 3 is 2.69 bits per heavy atom. The van der Waals surface area contributed by atoms with Gasteiger partial charge in [-0.1, -0.05) is 0 Å². The number of hydrogen-bond acceptors (Lipinski definition) is 3. The Balaban J connectivity index is 1.73. The molecule has 1 aromatic rings. The molecule has 1 saturated heterocycles. The van der Waals surface area contributed by atoms with Crippen LogP contribution in [0.5, 0.6) is 5.75 Å². The average Bonchev–Trinajstić information content (AvgIpc) is 3.09. The molecule has 0 aromatic heterocycles. The van der Waals surface area contributed by atoms with Crippen molar-refractivity contribution in [1.29, 1.82) is 0 Å². The van der Waals surface area contributed by atoms with Gasteiger partial charge in [-0.05, 0) is 37.1 Å². The van der Waals surface area contributed by atoms with Gasteiger partial charge in [-0.25, -0.2) is 4.79 Å². The first-order chi connectivity index (χ1) is 7.75. The summed E-state index contributed by atoms with van der Waals surface area (Å²) in [5.41, 5.74) is 0.277. The minimum absolute atomic E-state index is 0.277. The fourth-order valence-electron chi connectivity index (χ4n) is 1.43. The molecule has 86 valence electrons. The summed E-state index contributed by atoms with van der Waals surface area (Å²) in [5, 5.41) is 8.70. The van der Waals surface area contributed by atoms with Crippen molar-refractivity contribution in [3.8, 4) is 5.75 Å². The quantitative estimate of drug-likeness (QED) is 0.590. The highest BCUT2D eigenvalue weighted by Gasteiger charge is 2.21. The van der Waals surface area contributed by atoms with Gasteiger partial charge in [0.05, 0.1) is 24.9 Å². The summed E-state index contributed by atoms with van der Waals surface area (Å²) in [6, 6.07) is 6.44. The van der Waals surface area contributed by atoms with Crippen molar-refractivity contribution < 1.29 is 19.4 Å². The highest BCUT2D eigenvalue weighted by Crippen LogP contribution is 2.16. The molecule has 0 saturated carbocycles. The van der Waals surface area contributed by atoms with Crippen LogP contribution in [-0.4, -0.2) is 30.4 Å². The van der Waals surface area contributed by atoms with Crippen molar-refractivity contribution in [1.82, 2.24) is 0 Å². The Bertz CT molecular complexity index is 354. The Kier molecular flexibility index (Phi) is 3.41. The zero-order valence-electron chi connectivity index (χ0n) is 8.89. The second kappa shape index (κ2) is 4.99. The number of benzene rings is 1. The molecule has 1 aliphatic heterocycles. The molecule has 1 fully saturated rings. The fourth-order valence-corrected chi connectivity index (χ4v) is 1.43. The summed E-state index contributed by atoms with van der Waals surface area (Å²) >= 11 is 0. The van der Waals surface area contributed by atoms with Crippen LogP contribution in [0.3, 0.4) is 0 Å². The maximum absolute atomic E-state index is 10.6. The van der Waals surface area contributed by atoms with Gasteiger partial charge < -0.3 is 14.6 Å². The highest BCUT2D eigenvalue weighted by molar-refractivity contribution is 5.87. The van der Waals surface area contributed by atoms with Crippen LogP contribution in [-0.2, 0) is 4.74 Å². The van der Waals surface area contributed by atoms with E-state index in [4.69, 9.17) is 14.6 Å². The lowest BCUT2D eigenvalue weighted by Crippen LogP contribution is -2.00. The van der Waals surface area contributed by atoms with Gasteiger partial charge in [0.15, 0.2) is 0 Å². The minimum Gasteiger partial charge on any atom is -0.494 e. The third-order valence-electron chi connectivity index (χ3n) is 2.44. The molecule has 4 nitrogen and oxygen atoms in total. The van der Waals surface area contributed by atoms with E-state index in [1.54, 1.807) is 24.3 Å². The zero-order chi connectivity index (χ0) is 11.4. The lowest BCUT2D eigenvalue weighted by atomic mass is 10.2. The van der Waals surface area contributed by atoms with Crippen molar-refractivity contribution in [2.75, 3.05) is 13.2 Å². The molecule has 4 heteroatoms. The Morgan fingerprint density at radius 1 is 1.44 bits per heavy atom. The van der Waals surface area contributed by atoms with Crippen molar-refractivity contribution in [2.24, 2.45) is 0 Å². The van der Waals surface area contributed by atoms with Gasteiger partial charge in [0.25, 0.3) is 0 Å². The summed E-state index contributed by atoms with van der Waals surface area (Å²) in [4.78, 5) is 10.6. The van der Waals surface area contributed by atoms with Crippen LogP contribution in [0.15, 0.2) is 24.3 Å². The number of carboxylic acid groups (broad SMARTS) is 1. The molecule has 1 aromatic carbocycles. The van der Waals surface area contributed by atoms with Gasteiger partial charge in [0.1, 0.15) is 5.75 Å². The number of aromatic carboxylic acids is 1. The van der Waals surface area contributed by atoms with Crippen LogP contribution < -0.4 is 4.74 Å². The Morgan fingerprint density at radius 2 is 2.12 bits per heavy atom. The van der Waals surface area contributed by atoms with Crippen molar-refractivity contribution in [3.63, 3.8) is 0 Å². The van der Waals surface area contributed by atoms with Gasteiger partial charge in [0, 0.05) is 0 Å². The van der Waals surface area contributed by atoms with Crippen molar-refractivity contribution >= 4 is 5.97 Å². The summed E-state index contributed by atoms with van der Waals surface area (Å²) in [6.45, 7) is 1.53. The van der Waals surface area contributed by atoms with E-state index in [0.29, 0.717) is 18.5 Å². The molecule has 0 radical (unpaired) electrons. The van der Waals surface area contributed by atoms with Crippen molar-refractivity contribution in [2.45, 2.75) is 18.9 Å². The molecule has 0 aliphatic carbocycles. The van der Waals surface area contributed by atoms with Gasteiger partial charge in [-0.3, -0.25) is 0 Å². The SMILES string of the molecule is O=C(O)c1ccc(OCCCC2CO2)cc1. The molecule has 1 atom stereocenters. The number of epoxide rings is 1. The maximum Gasteiger partial charge on any atom is 0.335 e. The molecular formula is C12H14O4. The maximum atomic E-state index is 10.6. The normalized spacial score (nSPS) is 18.1. The third kappa shape index (κ3) is 3.24. The minimum atomic E-state index is -0.919. The molecular weight excluding hydrogens is 208 g/mol. The lowest BCUT2D eigenvalue weighted by molar-refractivity contribution is 0.0697. The molecule has 0 amide bonds. The fraction of sp³-hybridized carbons (Fsp3) is 0.417. The van der Waals surface area contributed by atoms with Gasteiger partial charge in [-0.15, -0.1) is 0 Å². The van der Waals surface area contributed by atoms with Crippen LogP contribution >= 0.6 is 0 Å². The summed E-state index contributed by atoms with van der Waals surface area (Å²) in [7, 11) is 0. The smallest absolute Gasteiger partial charge is 0.335 e. The topological polar surface area (TPSA) is 59.1 Å². The molecule has 0 bridgehead atoms. The van der Waals surface area contributed by atoms with Crippen molar-refractivity contribution in [3.05, 3.63) is 29.8 Å². The molecule has 2 rings (SSSR count). The van der Waals surface area contributed by atoms with Crippen LogP contribution in [0.4, 0.5) is 0 Å². The van der Waals surface area contributed by atoms with E-state index < -0.39 is 5.97 Å². The van der Waals surface area contributed by atoms with Crippen LogP contribution in [0.25, 0.3) is 0 Å². The summed E-state index contributed by atoms with van der Waals surface area (Å²) in [5.74, 6) is -0.209. The number of hydrogen-bond donors (Lipinski definition) is 1. The second-order valence-corrected chi connectivity index (χ2v) is 3.78. The van der Waals surface area contributed by atoms with E-state index in [0.717, 1.165) is 19.4 Å². The van der Waals surface area contributed by atoms with Crippen LogP contribution in [0.2, 0.25) is 0 Å². The predicted molar refractivity (Wildman–Crippen MR) is 57.9 cm³/mol. The van der Waals surface area contributed by atoms with E-state index in [1.165, 1.54) is 0 Å². The molecule has 0 spiro atoms. The van der Waals surface area contributed by atoms with Crippen LogP contribution in [0.1, 0.15) is 23.2 Å². The third-order valence-corrected chi connectivity index (χ3v) is 2.44. The molecule has 1 N–H and O–H groups in total. The van der Waals surface area contributed by atoms with Crippen LogP contribution in [0, 0.1) is 0 Å². The number of ether oxygens (including phenoxy) is 2. The highest BCUT2D eigenvalue weighted by atomic mass is 16.6. The number of carbonyl (C=O) groups is 1. The Hall–Kier alpha value is -1.55. The Labute approximate surface area is 93.8 Å². The monoisotopic (exact) mass is 222 g/mol. The molecule has 1 aliphatic rings. The lowest BCUT2D eigenvalue weighted by Gasteiger charge is -2.05.